The average Bonchev–Trinajstić information content (AvgIpc) is 3.03. The number of benzene rings is 1. The summed E-state index contributed by atoms with van der Waals surface area (Å²) in [6.45, 7) is 1.63. The highest BCUT2D eigenvalue weighted by atomic mass is 35.5. The molecule has 0 aliphatic rings. The summed E-state index contributed by atoms with van der Waals surface area (Å²) in [5.74, 6) is 0.133. The predicted molar refractivity (Wildman–Crippen MR) is 105 cm³/mol. The molecule has 0 aliphatic heterocycles. The molecule has 2 aromatic heterocycles. The second-order valence-corrected chi connectivity index (χ2v) is 7.76. The Bertz CT molecular complexity index is 1030. The molecule has 0 radical (unpaired) electrons. The van der Waals surface area contributed by atoms with Gasteiger partial charge in [-0.1, -0.05) is 23.4 Å². The third kappa shape index (κ3) is 4.88. The van der Waals surface area contributed by atoms with E-state index in [0.29, 0.717) is 11.0 Å². The molecule has 11 heteroatoms. The van der Waals surface area contributed by atoms with Crippen molar-refractivity contribution in [1.82, 2.24) is 19.7 Å². The molecule has 2 heterocycles. The van der Waals surface area contributed by atoms with Crippen LogP contribution in [0.2, 0.25) is 5.02 Å². The SMILES string of the molecule is CC(Sc1nnc(-c2ccncc2)n1C)C(=O)Nc1ccc(Cl)c(C(F)(F)F)c1. The first-order chi connectivity index (χ1) is 13.7. The summed E-state index contributed by atoms with van der Waals surface area (Å²) >= 11 is 6.74. The van der Waals surface area contributed by atoms with Crippen LogP contribution >= 0.6 is 23.4 Å². The van der Waals surface area contributed by atoms with Crippen LogP contribution in [0.3, 0.4) is 0 Å². The fraction of sp³-hybridized carbons (Fsp3) is 0.222. The number of nitrogens with zero attached hydrogens (tertiary/aromatic N) is 4. The molecular weight excluding hydrogens is 427 g/mol. The lowest BCUT2D eigenvalue weighted by atomic mass is 10.2. The van der Waals surface area contributed by atoms with Gasteiger partial charge in [-0.3, -0.25) is 9.78 Å². The van der Waals surface area contributed by atoms with Gasteiger partial charge in [0.2, 0.25) is 5.91 Å². The summed E-state index contributed by atoms with van der Waals surface area (Å²) in [7, 11) is 1.76. The first kappa shape index (κ1) is 21.1. The van der Waals surface area contributed by atoms with Gasteiger partial charge in [-0.05, 0) is 37.3 Å². The monoisotopic (exact) mass is 441 g/mol. The number of thioether (sulfide) groups is 1. The van der Waals surface area contributed by atoms with Crippen molar-refractivity contribution in [1.29, 1.82) is 0 Å². The van der Waals surface area contributed by atoms with Gasteiger partial charge in [0.1, 0.15) is 0 Å². The number of carbonyl (C=O) groups is 1. The first-order valence-electron chi connectivity index (χ1n) is 8.31. The van der Waals surface area contributed by atoms with E-state index in [-0.39, 0.29) is 5.69 Å². The fourth-order valence-corrected chi connectivity index (χ4v) is 3.49. The van der Waals surface area contributed by atoms with Crippen molar-refractivity contribution in [3.63, 3.8) is 0 Å². The molecular formula is C18H15ClF3N5OS. The van der Waals surface area contributed by atoms with Crippen LogP contribution < -0.4 is 5.32 Å². The Balaban J connectivity index is 1.72. The number of anilines is 1. The summed E-state index contributed by atoms with van der Waals surface area (Å²) in [4.78, 5) is 16.4. The molecule has 6 nitrogen and oxygen atoms in total. The molecule has 3 aromatic rings. The number of hydrogen-bond donors (Lipinski definition) is 1. The van der Waals surface area contributed by atoms with E-state index in [1.165, 1.54) is 6.07 Å². The fourth-order valence-electron chi connectivity index (χ4n) is 2.45. The number of nitrogens with one attached hydrogen (secondary N) is 1. The number of aromatic nitrogens is 4. The average molecular weight is 442 g/mol. The van der Waals surface area contributed by atoms with Gasteiger partial charge in [-0.15, -0.1) is 10.2 Å². The van der Waals surface area contributed by atoms with Gasteiger partial charge >= 0.3 is 6.18 Å². The highest BCUT2D eigenvalue weighted by molar-refractivity contribution is 8.00. The molecule has 1 N–H and O–H groups in total. The maximum Gasteiger partial charge on any atom is 0.417 e. The molecule has 1 amide bonds. The lowest BCUT2D eigenvalue weighted by Crippen LogP contribution is -2.23. The third-order valence-electron chi connectivity index (χ3n) is 3.96. The second kappa shape index (κ2) is 8.42. The lowest BCUT2D eigenvalue weighted by Gasteiger charge is -2.14. The van der Waals surface area contributed by atoms with Crippen molar-refractivity contribution in [2.75, 3.05) is 5.32 Å². The molecule has 0 bridgehead atoms. The van der Waals surface area contributed by atoms with Crippen molar-refractivity contribution in [2.45, 2.75) is 23.5 Å². The molecule has 29 heavy (non-hydrogen) atoms. The van der Waals surface area contributed by atoms with Crippen molar-refractivity contribution in [3.05, 3.63) is 53.3 Å². The van der Waals surface area contributed by atoms with Crippen LogP contribution in [-0.4, -0.2) is 30.9 Å². The molecule has 0 saturated carbocycles. The molecule has 1 atom stereocenters. The summed E-state index contributed by atoms with van der Waals surface area (Å²) < 4.78 is 40.7. The van der Waals surface area contributed by atoms with Crippen molar-refractivity contribution in [3.8, 4) is 11.4 Å². The van der Waals surface area contributed by atoms with E-state index in [4.69, 9.17) is 11.6 Å². The lowest BCUT2D eigenvalue weighted by molar-refractivity contribution is -0.137. The second-order valence-electron chi connectivity index (χ2n) is 6.04. The number of alkyl halides is 3. The maximum absolute atomic E-state index is 13.0. The van der Waals surface area contributed by atoms with Crippen LogP contribution in [0, 0.1) is 0 Å². The van der Waals surface area contributed by atoms with E-state index in [1.807, 2.05) is 0 Å². The molecule has 1 aromatic carbocycles. The van der Waals surface area contributed by atoms with E-state index in [0.717, 1.165) is 29.5 Å². The third-order valence-corrected chi connectivity index (χ3v) is 5.43. The van der Waals surface area contributed by atoms with E-state index in [2.05, 4.69) is 20.5 Å². The molecule has 0 saturated heterocycles. The Hall–Kier alpha value is -2.59. The standard InChI is InChI=1S/C18H15ClF3N5OS/c1-10(16(28)24-12-3-4-14(19)13(9-12)18(20,21)22)29-17-26-25-15(27(17)2)11-5-7-23-8-6-11/h3-10H,1-2H3,(H,24,28). The maximum atomic E-state index is 13.0. The Labute approximate surface area is 173 Å². The Morgan fingerprint density at radius 3 is 2.55 bits per heavy atom. The largest absolute Gasteiger partial charge is 0.417 e. The minimum Gasteiger partial charge on any atom is -0.325 e. The quantitative estimate of drug-likeness (QED) is 0.582. The Kier molecular flexibility index (Phi) is 6.13. The first-order valence-corrected chi connectivity index (χ1v) is 9.56. The summed E-state index contributed by atoms with van der Waals surface area (Å²) in [5.41, 5.74) is -0.179. The number of carbonyl (C=O) groups excluding carboxylic acids is 1. The number of amides is 1. The van der Waals surface area contributed by atoms with Crippen molar-refractivity contribution in [2.24, 2.45) is 7.05 Å². The molecule has 0 aliphatic carbocycles. The highest BCUT2D eigenvalue weighted by Gasteiger charge is 2.33. The van der Waals surface area contributed by atoms with Gasteiger partial charge < -0.3 is 9.88 Å². The molecule has 1 unspecified atom stereocenters. The van der Waals surface area contributed by atoms with Crippen LogP contribution in [0.15, 0.2) is 47.9 Å². The van der Waals surface area contributed by atoms with Gasteiger partial charge in [0.25, 0.3) is 0 Å². The summed E-state index contributed by atoms with van der Waals surface area (Å²) in [6.07, 6.45) is -1.34. The van der Waals surface area contributed by atoms with Crippen LogP contribution in [0.25, 0.3) is 11.4 Å². The number of halogens is 4. The highest BCUT2D eigenvalue weighted by Crippen LogP contribution is 2.36. The smallest absolute Gasteiger partial charge is 0.325 e. The van der Waals surface area contributed by atoms with E-state index >= 15 is 0 Å². The van der Waals surface area contributed by atoms with Crippen molar-refractivity contribution >= 4 is 35.0 Å². The van der Waals surface area contributed by atoms with Crippen LogP contribution in [0.4, 0.5) is 18.9 Å². The van der Waals surface area contributed by atoms with E-state index in [9.17, 15) is 18.0 Å². The van der Waals surface area contributed by atoms with E-state index < -0.39 is 27.9 Å². The van der Waals surface area contributed by atoms with Gasteiger partial charge in [0.15, 0.2) is 11.0 Å². The molecule has 0 spiro atoms. The minimum absolute atomic E-state index is 0.00890. The zero-order valence-corrected chi connectivity index (χ0v) is 16.8. The Morgan fingerprint density at radius 1 is 1.21 bits per heavy atom. The number of rotatable bonds is 5. The van der Waals surface area contributed by atoms with Crippen LogP contribution in [0.1, 0.15) is 12.5 Å². The molecule has 3 rings (SSSR count). The summed E-state index contributed by atoms with van der Waals surface area (Å²) in [6, 6.07) is 6.79. The van der Waals surface area contributed by atoms with Crippen LogP contribution in [-0.2, 0) is 18.0 Å². The van der Waals surface area contributed by atoms with Gasteiger partial charge in [-0.2, -0.15) is 13.2 Å². The summed E-state index contributed by atoms with van der Waals surface area (Å²) in [5, 5.41) is 10.1. The zero-order chi connectivity index (χ0) is 21.2. The Morgan fingerprint density at radius 2 is 1.90 bits per heavy atom. The van der Waals surface area contributed by atoms with Crippen LogP contribution in [0.5, 0.6) is 0 Å². The van der Waals surface area contributed by atoms with Gasteiger partial charge in [-0.25, -0.2) is 0 Å². The predicted octanol–water partition coefficient (Wildman–Crippen LogP) is 4.67. The topological polar surface area (TPSA) is 72.7 Å². The minimum atomic E-state index is -4.61. The number of pyridine rings is 1. The molecule has 152 valence electrons. The number of hydrogen-bond acceptors (Lipinski definition) is 5. The van der Waals surface area contributed by atoms with Gasteiger partial charge in [0, 0.05) is 30.7 Å². The van der Waals surface area contributed by atoms with Crippen molar-refractivity contribution < 1.29 is 18.0 Å². The zero-order valence-electron chi connectivity index (χ0n) is 15.2. The van der Waals surface area contributed by atoms with Gasteiger partial charge in [0.05, 0.1) is 15.8 Å². The molecule has 0 fully saturated rings. The van der Waals surface area contributed by atoms with E-state index in [1.54, 1.807) is 43.1 Å². The normalized spacial score (nSPS) is 12.6.